The van der Waals surface area contributed by atoms with Crippen molar-refractivity contribution >= 4 is 11.8 Å². The molecule has 2 amide bonds. The lowest BCUT2D eigenvalue weighted by Crippen LogP contribution is -2.41. The Hall–Kier alpha value is -3.56. The van der Waals surface area contributed by atoms with Crippen LogP contribution in [-0.2, 0) is 0 Å². The molecule has 10 heteroatoms. The van der Waals surface area contributed by atoms with Gasteiger partial charge in [0.2, 0.25) is 6.79 Å². The van der Waals surface area contributed by atoms with Gasteiger partial charge in [-0.3, -0.25) is 20.4 Å². The van der Waals surface area contributed by atoms with Crippen molar-refractivity contribution in [2.24, 2.45) is 0 Å². The summed E-state index contributed by atoms with van der Waals surface area (Å²) in [7, 11) is 0. The number of fused-ring (bicyclic) bond motifs is 1. The fourth-order valence-electron chi connectivity index (χ4n) is 2.41. The molecule has 0 aromatic heterocycles. The van der Waals surface area contributed by atoms with Crippen molar-refractivity contribution in [3.8, 4) is 23.0 Å². The molecule has 2 aromatic carbocycles. The van der Waals surface area contributed by atoms with Crippen molar-refractivity contribution in [2.45, 2.75) is 13.5 Å². The van der Waals surface area contributed by atoms with Gasteiger partial charge in [-0.2, -0.15) is 8.78 Å². The van der Waals surface area contributed by atoms with Gasteiger partial charge in [0.15, 0.2) is 23.0 Å². The average molecular weight is 394 g/mol. The average Bonchev–Trinajstić information content (AvgIpc) is 3.14. The van der Waals surface area contributed by atoms with E-state index >= 15 is 0 Å². The van der Waals surface area contributed by atoms with Gasteiger partial charge in [-0.15, -0.1) is 0 Å². The van der Waals surface area contributed by atoms with Crippen LogP contribution in [0, 0.1) is 0 Å². The second kappa shape index (κ2) is 8.42. The van der Waals surface area contributed by atoms with Crippen molar-refractivity contribution in [3.63, 3.8) is 0 Å². The van der Waals surface area contributed by atoms with Gasteiger partial charge in [-0.1, -0.05) is 0 Å². The van der Waals surface area contributed by atoms with E-state index in [0.717, 1.165) is 0 Å². The number of carbonyl (C=O) groups is 2. The summed E-state index contributed by atoms with van der Waals surface area (Å²) in [5, 5.41) is 0. The minimum atomic E-state index is -3.03. The zero-order valence-corrected chi connectivity index (χ0v) is 14.7. The van der Waals surface area contributed by atoms with Gasteiger partial charge < -0.3 is 18.9 Å². The SMILES string of the molecule is CCOc1cc(C(=O)NNC(=O)c2ccc3c(c2)OCO3)ccc1OC(F)F. The first kappa shape index (κ1) is 19.2. The van der Waals surface area contributed by atoms with Crippen molar-refractivity contribution in [3.05, 3.63) is 47.5 Å². The Kier molecular flexibility index (Phi) is 5.78. The molecule has 2 N–H and O–H groups in total. The summed E-state index contributed by atoms with van der Waals surface area (Å²) in [6.45, 7) is -1.11. The predicted molar refractivity (Wildman–Crippen MR) is 91.7 cm³/mol. The molecule has 0 radical (unpaired) electrons. The highest BCUT2D eigenvalue weighted by Crippen LogP contribution is 2.32. The minimum absolute atomic E-state index is 0.0162. The first-order chi connectivity index (χ1) is 13.5. The monoisotopic (exact) mass is 394 g/mol. The Bertz CT molecular complexity index is 890. The van der Waals surface area contributed by atoms with Gasteiger partial charge in [0.25, 0.3) is 11.8 Å². The lowest BCUT2D eigenvalue weighted by atomic mass is 10.2. The topological polar surface area (TPSA) is 95.1 Å². The third kappa shape index (κ3) is 4.40. The highest BCUT2D eigenvalue weighted by atomic mass is 19.3. The zero-order valence-electron chi connectivity index (χ0n) is 14.7. The molecule has 0 saturated carbocycles. The van der Waals surface area contributed by atoms with Crippen LogP contribution >= 0.6 is 0 Å². The number of hydrazine groups is 1. The minimum Gasteiger partial charge on any atom is -0.490 e. The molecule has 3 rings (SSSR count). The summed E-state index contributed by atoms with van der Waals surface area (Å²) in [4.78, 5) is 24.4. The second-order valence-corrected chi connectivity index (χ2v) is 5.45. The number of carbonyl (C=O) groups excluding carboxylic acids is 2. The zero-order chi connectivity index (χ0) is 20.1. The molecular weight excluding hydrogens is 378 g/mol. The fourth-order valence-corrected chi connectivity index (χ4v) is 2.41. The molecule has 0 atom stereocenters. The number of hydrogen-bond acceptors (Lipinski definition) is 6. The van der Waals surface area contributed by atoms with E-state index in [2.05, 4.69) is 15.6 Å². The molecule has 1 aliphatic rings. The maximum atomic E-state index is 12.4. The summed E-state index contributed by atoms with van der Waals surface area (Å²) in [6.07, 6.45) is 0. The standard InChI is InChI=1S/C18H16F2N2O6/c1-2-25-15-8-11(4-6-13(15)28-18(19)20)17(24)22-21-16(23)10-3-5-12-14(7-10)27-9-26-12/h3-8,18H,2,9H2,1H3,(H,21,23)(H,22,24). The number of nitrogens with one attached hydrogen (secondary N) is 2. The van der Waals surface area contributed by atoms with Crippen LogP contribution in [0.3, 0.4) is 0 Å². The van der Waals surface area contributed by atoms with E-state index in [1.54, 1.807) is 13.0 Å². The normalized spacial score (nSPS) is 11.9. The quantitative estimate of drug-likeness (QED) is 0.731. The molecule has 28 heavy (non-hydrogen) atoms. The Morgan fingerprint density at radius 2 is 1.64 bits per heavy atom. The number of rotatable bonds is 6. The third-order valence-electron chi connectivity index (χ3n) is 3.65. The number of amides is 2. The molecule has 1 heterocycles. The summed E-state index contributed by atoms with van der Waals surface area (Å²) in [6, 6.07) is 8.26. The van der Waals surface area contributed by atoms with E-state index in [1.807, 2.05) is 0 Å². The highest BCUT2D eigenvalue weighted by molar-refractivity contribution is 5.99. The van der Waals surface area contributed by atoms with Crippen LogP contribution in [0.2, 0.25) is 0 Å². The number of alkyl halides is 2. The van der Waals surface area contributed by atoms with Crippen LogP contribution in [0.4, 0.5) is 8.78 Å². The third-order valence-corrected chi connectivity index (χ3v) is 3.65. The number of halogens is 2. The Morgan fingerprint density at radius 1 is 1.00 bits per heavy atom. The van der Waals surface area contributed by atoms with Gasteiger partial charge in [-0.25, -0.2) is 0 Å². The smallest absolute Gasteiger partial charge is 0.387 e. The number of ether oxygens (including phenoxy) is 4. The van der Waals surface area contributed by atoms with Crippen LogP contribution in [0.15, 0.2) is 36.4 Å². The molecule has 0 bridgehead atoms. The van der Waals surface area contributed by atoms with E-state index in [4.69, 9.17) is 14.2 Å². The Labute approximate surface area is 158 Å². The van der Waals surface area contributed by atoms with Crippen LogP contribution in [0.1, 0.15) is 27.6 Å². The van der Waals surface area contributed by atoms with Crippen LogP contribution in [0.5, 0.6) is 23.0 Å². The van der Waals surface area contributed by atoms with E-state index in [-0.39, 0.29) is 36.0 Å². The lowest BCUT2D eigenvalue weighted by molar-refractivity contribution is -0.0514. The van der Waals surface area contributed by atoms with Crippen molar-refractivity contribution < 1.29 is 37.3 Å². The molecule has 0 fully saturated rings. The lowest BCUT2D eigenvalue weighted by Gasteiger charge is -2.13. The van der Waals surface area contributed by atoms with Crippen molar-refractivity contribution in [2.75, 3.05) is 13.4 Å². The molecule has 0 spiro atoms. The first-order valence-corrected chi connectivity index (χ1v) is 8.20. The van der Waals surface area contributed by atoms with Gasteiger partial charge in [0.1, 0.15) is 0 Å². The van der Waals surface area contributed by atoms with E-state index in [0.29, 0.717) is 11.5 Å². The maximum Gasteiger partial charge on any atom is 0.387 e. The summed E-state index contributed by atoms with van der Waals surface area (Å²) in [5.74, 6) is -0.506. The molecule has 0 saturated heterocycles. The summed E-state index contributed by atoms with van der Waals surface area (Å²) >= 11 is 0. The van der Waals surface area contributed by atoms with Crippen LogP contribution in [0.25, 0.3) is 0 Å². The highest BCUT2D eigenvalue weighted by Gasteiger charge is 2.18. The molecule has 0 unspecified atom stereocenters. The summed E-state index contributed by atoms with van der Waals surface area (Å²) in [5.41, 5.74) is 4.83. The first-order valence-electron chi connectivity index (χ1n) is 8.20. The molecule has 0 aliphatic carbocycles. The van der Waals surface area contributed by atoms with Crippen molar-refractivity contribution in [1.29, 1.82) is 0 Å². The second-order valence-electron chi connectivity index (χ2n) is 5.45. The van der Waals surface area contributed by atoms with Gasteiger partial charge >= 0.3 is 6.61 Å². The van der Waals surface area contributed by atoms with E-state index in [9.17, 15) is 18.4 Å². The molecule has 8 nitrogen and oxygen atoms in total. The van der Waals surface area contributed by atoms with Crippen LogP contribution < -0.4 is 29.8 Å². The van der Waals surface area contributed by atoms with E-state index in [1.165, 1.54) is 30.3 Å². The fraction of sp³-hybridized carbons (Fsp3) is 0.222. The van der Waals surface area contributed by atoms with Crippen molar-refractivity contribution in [1.82, 2.24) is 10.9 Å². The number of hydrogen-bond donors (Lipinski definition) is 2. The molecule has 148 valence electrons. The number of benzene rings is 2. The maximum absolute atomic E-state index is 12.4. The molecule has 2 aromatic rings. The van der Waals surface area contributed by atoms with Gasteiger partial charge in [0.05, 0.1) is 6.61 Å². The Morgan fingerprint density at radius 3 is 2.32 bits per heavy atom. The predicted octanol–water partition coefficient (Wildman–Crippen LogP) is 2.49. The van der Waals surface area contributed by atoms with Crippen LogP contribution in [-0.4, -0.2) is 31.8 Å². The summed E-state index contributed by atoms with van der Waals surface area (Å²) < 4.78 is 44.8. The van der Waals surface area contributed by atoms with Gasteiger partial charge in [0, 0.05) is 11.1 Å². The molecular formula is C18H16F2N2O6. The van der Waals surface area contributed by atoms with E-state index < -0.39 is 18.4 Å². The largest absolute Gasteiger partial charge is 0.490 e. The van der Waals surface area contributed by atoms with Gasteiger partial charge in [-0.05, 0) is 43.3 Å². The molecule has 1 aliphatic heterocycles. The Balaban J connectivity index is 1.65.